The number of alkyl halides is 1. The maximum atomic E-state index is 12.8. The van der Waals surface area contributed by atoms with Crippen LogP contribution < -0.4 is 9.88 Å². The monoisotopic (exact) mass is 457 g/mol. The summed E-state index contributed by atoms with van der Waals surface area (Å²) in [5, 5.41) is 5.07. The van der Waals surface area contributed by atoms with Crippen LogP contribution in [0.2, 0.25) is 0 Å². The third-order valence-corrected chi connectivity index (χ3v) is 8.02. The van der Waals surface area contributed by atoms with E-state index in [1.807, 2.05) is 0 Å². The summed E-state index contributed by atoms with van der Waals surface area (Å²) >= 11 is 3.91. The molecule has 1 aromatic rings. The van der Waals surface area contributed by atoms with E-state index >= 15 is 0 Å². The molecule has 4 aliphatic rings. The van der Waals surface area contributed by atoms with E-state index in [1.165, 1.54) is 43.5 Å². The molecular formula is C19H24BrNO5S. The fraction of sp³-hybridized carbons (Fsp3) is 0.632. The Bertz CT molecular complexity index is 824. The molecule has 4 saturated carbocycles. The molecule has 0 heterocycles. The van der Waals surface area contributed by atoms with Gasteiger partial charge in [-0.2, -0.15) is 0 Å². The number of nitrogens with two attached hydrogens (primary N) is 1. The van der Waals surface area contributed by atoms with Crippen LogP contribution in [0.1, 0.15) is 38.5 Å². The fourth-order valence-corrected chi connectivity index (χ4v) is 7.53. The molecule has 0 amide bonds. The maximum Gasteiger partial charge on any atom is 0.312 e. The Labute approximate surface area is 168 Å². The van der Waals surface area contributed by atoms with Crippen molar-refractivity contribution in [2.24, 2.45) is 22.4 Å². The number of carbonyl (C=O) groups is 1. The molecular weight excluding hydrogens is 434 g/mol. The van der Waals surface area contributed by atoms with Crippen LogP contribution in [-0.4, -0.2) is 31.9 Å². The zero-order valence-electron chi connectivity index (χ0n) is 15.0. The first-order valence-electron chi connectivity index (χ1n) is 9.29. The molecule has 27 heavy (non-hydrogen) atoms. The molecule has 0 aliphatic heterocycles. The van der Waals surface area contributed by atoms with Gasteiger partial charge in [-0.05, 0) is 74.6 Å². The zero-order valence-corrected chi connectivity index (χ0v) is 17.4. The van der Waals surface area contributed by atoms with E-state index in [2.05, 4.69) is 15.9 Å². The highest BCUT2D eigenvalue weighted by Gasteiger charge is 2.60. The first-order chi connectivity index (χ1) is 12.7. The normalized spacial score (nSPS) is 34.4. The fourth-order valence-electron chi connectivity index (χ4n) is 5.56. The van der Waals surface area contributed by atoms with Gasteiger partial charge in [-0.25, -0.2) is 13.6 Å². The van der Waals surface area contributed by atoms with Gasteiger partial charge in [-0.3, -0.25) is 4.79 Å². The Balaban J connectivity index is 1.29. The number of esters is 1. The second-order valence-corrected chi connectivity index (χ2v) is 11.6. The van der Waals surface area contributed by atoms with E-state index < -0.39 is 10.0 Å². The highest BCUT2D eigenvalue weighted by Crippen LogP contribution is 2.64. The van der Waals surface area contributed by atoms with E-state index in [4.69, 9.17) is 14.6 Å². The van der Waals surface area contributed by atoms with Crippen LogP contribution in [-0.2, 0) is 19.6 Å². The average Bonchev–Trinajstić information content (AvgIpc) is 2.56. The van der Waals surface area contributed by atoms with Crippen LogP contribution in [0.4, 0.5) is 0 Å². The largest absolute Gasteiger partial charge is 0.490 e. The molecule has 0 saturated heterocycles. The number of sulfonamides is 1. The van der Waals surface area contributed by atoms with Crippen molar-refractivity contribution in [3.63, 3.8) is 0 Å². The van der Waals surface area contributed by atoms with Gasteiger partial charge in [0.1, 0.15) is 19.0 Å². The molecule has 5 rings (SSSR count). The molecule has 0 aromatic heterocycles. The van der Waals surface area contributed by atoms with Crippen molar-refractivity contribution >= 4 is 31.9 Å². The van der Waals surface area contributed by atoms with Crippen LogP contribution in [0.3, 0.4) is 0 Å². The minimum Gasteiger partial charge on any atom is -0.490 e. The summed E-state index contributed by atoms with van der Waals surface area (Å²) in [4.78, 5) is 12.9. The first-order valence-corrected chi connectivity index (χ1v) is 11.6. The van der Waals surface area contributed by atoms with Gasteiger partial charge in [0, 0.05) is 4.32 Å². The Morgan fingerprint density at radius 3 is 2.30 bits per heavy atom. The Hall–Kier alpha value is -1.12. The second-order valence-electron chi connectivity index (χ2n) is 8.39. The number of ether oxygens (including phenoxy) is 2. The number of halogens is 1. The Morgan fingerprint density at radius 2 is 1.74 bits per heavy atom. The zero-order chi connectivity index (χ0) is 19.3. The third-order valence-electron chi connectivity index (χ3n) is 6.16. The lowest BCUT2D eigenvalue weighted by Gasteiger charge is -2.58. The molecule has 4 aliphatic carbocycles. The molecule has 2 N–H and O–H groups in total. The minimum absolute atomic E-state index is 0.0341. The number of rotatable bonds is 6. The number of hydrogen-bond donors (Lipinski definition) is 1. The smallest absolute Gasteiger partial charge is 0.312 e. The van der Waals surface area contributed by atoms with Crippen LogP contribution in [0.5, 0.6) is 5.75 Å². The number of carbonyl (C=O) groups excluding carboxylic acids is 1. The quantitative estimate of drug-likeness (QED) is 0.402. The molecule has 2 atom stereocenters. The van der Waals surface area contributed by atoms with Crippen molar-refractivity contribution < 1.29 is 22.7 Å². The third kappa shape index (κ3) is 3.89. The average molecular weight is 458 g/mol. The topological polar surface area (TPSA) is 95.7 Å². The SMILES string of the molecule is NS(=O)(=O)c1ccc(OCCOC(=O)C23C[C@H]4C[C@@H](CC(Br)(C4)C2)C3)cc1. The molecule has 1 aromatic carbocycles. The van der Waals surface area contributed by atoms with Gasteiger partial charge in [-0.1, -0.05) is 15.9 Å². The maximum absolute atomic E-state index is 12.8. The van der Waals surface area contributed by atoms with Crippen molar-refractivity contribution in [2.45, 2.75) is 47.7 Å². The predicted molar refractivity (Wildman–Crippen MR) is 103 cm³/mol. The van der Waals surface area contributed by atoms with Crippen LogP contribution in [0.15, 0.2) is 29.2 Å². The van der Waals surface area contributed by atoms with Crippen molar-refractivity contribution in [1.82, 2.24) is 0 Å². The van der Waals surface area contributed by atoms with Crippen molar-refractivity contribution in [3.8, 4) is 5.75 Å². The Morgan fingerprint density at radius 1 is 1.11 bits per heavy atom. The van der Waals surface area contributed by atoms with Crippen LogP contribution >= 0.6 is 15.9 Å². The van der Waals surface area contributed by atoms with E-state index in [9.17, 15) is 13.2 Å². The predicted octanol–water partition coefficient (Wildman–Crippen LogP) is 2.99. The molecule has 4 fully saturated rings. The van der Waals surface area contributed by atoms with E-state index in [1.54, 1.807) is 0 Å². The van der Waals surface area contributed by atoms with E-state index in [0.717, 1.165) is 19.3 Å². The number of hydrogen-bond acceptors (Lipinski definition) is 5. The highest BCUT2D eigenvalue weighted by atomic mass is 79.9. The van der Waals surface area contributed by atoms with Crippen molar-refractivity contribution in [2.75, 3.05) is 13.2 Å². The lowest BCUT2D eigenvalue weighted by molar-refractivity contribution is -0.170. The lowest BCUT2D eigenvalue weighted by Crippen LogP contribution is -2.56. The van der Waals surface area contributed by atoms with Gasteiger partial charge in [0.15, 0.2) is 0 Å². The number of benzene rings is 1. The summed E-state index contributed by atoms with van der Waals surface area (Å²) in [7, 11) is -3.71. The molecule has 0 unspecified atom stereocenters. The van der Waals surface area contributed by atoms with Crippen molar-refractivity contribution in [1.29, 1.82) is 0 Å². The van der Waals surface area contributed by atoms with Crippen LogP contribution in [0.25, 0.3) is 0 Å². The van der Waals surface area contributed by atoms with E-state index in [0.29, 0.717) is 17.6 Å². The second kappa shape index (κ2) is 6.74. The van der Waals surface area contributed by atoms with Gasteiger partial charge in [0.2, 0.25) is 10.0 Å². The Kier molecular flexibility index (Phi) is 4.79. The van der Waals surface area contributed by atoms with Crippen LogP contribution in [0, 0.1) is 17.3 Å². The highest BCUT2D eigenvalue weighted by molar-refractivity contribution is 9.10. The first kappa shape index (κ1) is 19.2. The summed E-state index contributed by atoms with van der Waals surface area (Å²) < 4.78 is 33.7. The van der Waals surface area contributed by atoms with Gasteiger partial charge in [0.25, 0.3) is 0 Å². The number of primary sulfonamides is 1. The summed E-state index contributed by atoms with van der Waals surface area (Å²) in [6.07, 6.45) is 6.38. The molecule has 8 heteroatoms. The van der Waals surface area contributed by atoms with Gasteiger partial charge < -0.3 is 9.47 Å². The summed E-state index contributed by atoms with van der Waals surface area (Å²) in [6, 6.07) is 5.85. The molecule has 0 radical (unpaired) electrons. The minimum atomic E-state index is -3.71. The standard InChI is InChI=1S/C19H24BrNO5S/c20-19-10-13-7-14(11-19)9-18(8-13,12-19)17(22)26-6-5-25-15-1-3-16(4-2-15)27(21,23)24/h1-4,13-14H,5-12H2,(H2,21,23,24)/t13-,14-,18?,19?/m1/s1. The van der Waals surface area contributed by atoms with Gasteiger partial charge in [-0.15, -0.1) is 0 Å². The summed E-state index contributed by atoms with van der Waals surface area (Å²) in [5.41, 5.74) is -0.329. The molecule has 4 bridgehead atoms. The van der Waals surface area contributed by atoms with Crippen molar-refractivity contribution in [3.05, 3.63) is 24.3 Å². The summed E-state index contributed by atoms with van der Waals surface area (Å²) in [5.74, 6) is 1.68. The van der Waals surface area contributed by atoms with E-state index in [-0.39, 0.29) is 33.8 Å². The van der Waals surface area contributed by atoms with Gasteiger partial charge in [0.05, 0.1) is 10.3 Å². The molecule has 148 valence electrons. The summed E-state index contributed by atoms with van der Waals surface area (Å²) in [6.45, 7) is 0.408. The molecule has 6 nitrogen and oxygen atoms in total. The molecule has 0 spiro atoms. The van der Waals surface area contributed by atoms with Gasteiger partial charge >= 0.3 is 5.97 Å². The lowest BCUT2D eigenvalue weighted by atomic mass is 9.49.